The van der Waals surface area contributed by atoms with Crippen LogP contribution in [0.1, 0.15) is 59.7 Å². The summed E-state index contributed by atoms with van der Waals surface area (Å²) in [5.74, 6) is -1.38. The van der Waals surface area contributed by atoms with Gasteiger partial charge in [0.15, 0.2) is 0 Å². The third-order valence-corrected chi connectivity index (χ3v) is 4.62. The van der Waals surface area contributed by atoms with Gasteiger partial charge in [0, 0.05) is 24.7 Å². The molecule has 0 spiro atoms. The molecule has 0 unspecified atom stereocenters. The maximum absolute atomic E-state index is 12.6. The van der Waals surface area contributed by atoms with Crippen LogP contribution >= 0.6 is 0 Å². The molecule has 0 aliphatic heterocycles. The Morgan fingerprint density at radius 1 is 1.21 bits per heavy atom. The fourth-order valence-electron chi connectivity index (χ4n) is 3.16. The van der Waals surface area contributed by atoms with Gasteiger partial charge in [-0.3, -0.25) is 14.4 Å². The fourth-order valence-corrected chi connectivity index (χ4v) is 3.16. The number of hydrogen-bond donors (Lipinski definition) is 2. The van der Waals surface area contributed by atoms with Crippen molar-refractivity contribution in [3.63, 3.8) is 0 Å². The monoisotopic (exact) mass is 332 g/mol. The molecule has 2 amide bonds. The molecule has 0 aromatic heterocycles. The topological polar surface area (TPSA) is 86.7 Å². The third-order valence-electron chi connectivity index (χ3n) is 4.62. The second kappa shape index (κ2) is 7.47. The molecule has 1 saturated carbocycles. The average molecular weight is 332 g/mol. The lowest BCUT2D eigenvalue weighted by Crippen LogP contribution is -2.47. The van der Waals surface area contributed by atoms with Gasteiger partial charge in [0.1, 0.15) is 0 Å². The van der Waals surface area contributed by atoms with Gasteiger partial charge < -0.3 is 15.3 Å². The zero-order valence-corrected chi connectivity index (χ0v) is 14.2. The number of nitrogens with one attached hydrogen (secondary N) is 1. The van der Waals surface area contributed by atoms with Crippen LogP contribution in [0.2, 0.25) is 0 Å². The van der Waals surface area contributed by atoms with Crippen LogP contribution in [-0.2, 0) is 4.79 Å². The summed E-state index contributed by atoms with van der Waals surface area (Å²) in [6, 6.07) is 6.55. The van der Waals surface area contributed by atoms with Crippen LogP contribution < -0.4 is 5.32 Å². The summed E-state index contributed by atoms with van der Waals surface area (Å²) in [7, 11) is 1.70. The summed E-state index contributed by atoms with van der Waals surface area (Å²) in [5, 5.41) is 12.0. The zero-order chi connectivity index (χ0) is 17.7. The third kappa shape index (κ3) is 4.13. The highest BCUT2D eigenvalue weighted by Gasteiger charge is 2.37. The van der Waals surface area contributed by atoms with Crippen molar-refractivity contribution in [2.24, 2.45) is 0 Å². The normalized spacial score (nSPS) is 15.8. The lowest BCUT2D eigenvalue weighted by atomic mass is 9.92. The second-order valence-electron chi connectivity index (χ2n) is 6.41. The van der Waals surface area contributed by atoms with Crippen LogP contribution in [0.25, 0.3) is 0 Å². The van der Waals surface area contributed by atoms with Gasteiger partial charge in [-0.25, -0.2) is 0 Å². The van der Waals surface area contributed by atoms with Crippen molar-refractivity contribution < 1.29 is 19.5 Å². The number of amides is 2. The fraction of sp³-hybridized carbons (Fsp3) is 0.500. The van der Waals surface area contributed by atoms with Crippen LogP contribution in [0.3, 0.4) is 0 Å². The summed E-state index contributed by atoms with van der Waals surface area (Å²) < 4.78 is 0. The van der Waals surface area contributed by atoms with E-state index in [1.165, 1.54) is 0 Å². The number of carboxylic acids is 1. The minimum atomic E-state index is -0.911. The molecule has 0 bridgehead atoms. The van der Waals surface area contributed by atoms with E-state index < -0.39 is 11.5 Å². The largest absolute Gasteiger partial charge is 0.481 e. The number of hydrogen-bond acceptors (Lipinski definition) is 3. The molecule has 1 aliphatic carbocycles. The average Bonchev–Trinajstić information content (AvgIpc) is 3.00. The molecule has 130 valence electrons. The lowest BCUT2D eigenvalue weighted by molar-refractivity contribution is -0.138. The summed E-state index contributed by atoms with van der Waals surface area (Å²) >= 11 is 0. The molecule has 1 aliphatic rings. The molecule has 6 heteroatoms. The van der Waals surface area contributed by atoms with Crippen LogP contribution in [-0.4, -0.2) is 46.9 Å². The Bertz CT molecular complexity index is 636. The van der Waals surface area contributed by atoms with Crippen LogP contribution in [0.4, 0.5) is 0 Å². The Morgan fingerprint density at radius 3 is 2.42 bits per heavy atom. The van der Waals surface area contributed by atoms with Crippen LogP contribution in [0.5, 0.6) is 0 Å². The van der Waals surface area contributed by atoms with Gasteiger partial charge in [-0.05, 0) is 38.0 Å². The summed E-state index contributed by atoms with van der Waals surface area (Å²) in [5.41, 5.74) is 0.149. The maximum atomic E-state index is 12.6. The number of nitrogens with zero attached hydrogens (tertiary/aromatic N) is 1. The molecule has 1 fully saturated rings. The van der Waals surface area contributed by atoms with E-state index in [2.05, 4.69) is 5.32 Å². The number of benzene rings is 1. The minimum Gasteiger partial charge on any atom is -0.481 e. The molecule has 2 rings (SSSR count). The van der Waals surface area contributed by atoms with E-state index >= 15 is 0 Å². The lowest BCUT2D eigenvalue weighted by Gasteiger charge is -2.28. The van der Waals surface area contributed by atoms with E-state index in [-0.39, 0.29) is 18.2 Å². The van der Waals surface area contributed by atoms with Crippen molar-refractivity contribution in [2.75, 3.05) is 13.6 Å². The quantitative estimate of drug-likeness (QED) is 0.837. The first-order chi connectivity index (χ1) is 11.4. The van der Waals surface area contributed by atoms with Crippen molar-refractivity contribution in [3.05, 3.63) is 35.4 Å². The highest BCUT2D eigenvalue weighted by Crippen LogP contribution is 2.33. The van der Waals surface area contributed by atoms with Crippen LogP contribution in [0.15, 0.2) is 24.3 Å². The summed E-state index contributed by atoms with van der Waals surface area (Å²) in [6.07, 6.45) is 3.08. The van der Waals surface area contributed by atoms with Crippen molar-refractivity contribution >= 4 is 17.8 Å². The first-order valence-electron chi connectivity index (χ1n) is 8.27. The van der Waals surface area contributed by atoms with Crippen molar-refractivity contribution in [1.82, 2.24) is 10.2 Å². The highest BCUT2D eigenvalue weighted by atomic mass is 16.4. The van der Waals surface area contributed by atoms with Gasteiger partial charge in [-0.15, -0.1) is 0 Å². The molecule has 0 radical (unpaired) electrons. The molecule has 24 heavy (non-hydrogen) atoms. The Balaban J connectivity index is 2.17. The number of carbonyl (C=O) groups is 3. The van der Waals surface area contributed by atoms with Gasteiger partial charge in [0.2, 0.25) is 0 Å². The number of carbonyl (C=O) groups excluding carboxylic acids is 2. The Labute approximate surface area is 141 Å². The number of rotatable bonds is 6. The van der Waals surface area contributed by atoms with E-state index in [1.54, 1.807) is 36.2 Å². The number of aliphatic carboxylic acids is 1. The molecular formula is C18H24N2O4. The van der Waals surface area contributed by atoms with Gasteiger partial charge >= 0.3 is 5.97 Å². The molecule has 0 saturated heterocycles. The molecule has 2 N–H and O–H groups in total. The van der Waals surface area contributed by atoms with Crippen molar-refractivity contribution in [2.45, 2.75) is 44.6 Å². The van der Waals surface area contributed by atoms with E-state index in [4.69, 9.17) is 5.11 Å². The summed E-state index contributed by atoms with van der Waals surface area (Å²) in [6.45, 7) is 2.46. The number of carboxylic acid groups (broad SMARTS) is 1. The van der Waals surface area contributed by atoms with E-state index in [0.717, 1.165) is 12.8 Å². The first kappa shape index (κ1) is 18.0. The zero-order valence-electron chi connectivity index (χ0n) is 14.2. The Morgan fingerprint density at radius 2 is 1.83 bits per heavy atom. The standard InChI is InChI=1S/C18H24N2O4/c1-3-20(2)17(24)14-8-6-7-13(11-14)16(23)19-18(12-15(21)22)9-4-5-10-18/h6-8,11H,3-5,9-10,12H2,1-2H3,(H,19,23)(H,21,22). The Hall–Kier alpha value is -2.37. The van der Waals surface area contributed by atoms with Gasteiger partial charge in [-0.2, -0.15) is 0 Å². The molecule has 1 aromatic rings. The minimum absolute atomic E-state index is 0.0735. The van der Waals surface area contributed by atoms with Gasteiger partial charge in [0.25, 0.3) is 11.8 Å². The predicted octanol–water partition coefficient (Wildman–Crippen LogP) is 2.30. The Kier molecular flexibility index (Phi) is 5.59. The maximum Gasteiger partial charge on any atom is 0.305 e. The van der Waals surface area contributed by atoms with Gasteiger partial charge in [0.05, 0.1) is 12.0 Å². The second-order valence-corrected chi connectivity index (χ2v) is 6.41. The molecule has 1 aromatic carbocycles. The van der Waals surface area contributed by atoms with E-state index in [1.807, 2.05) is 6.92 Å². The first-order valence-corrected chi connectivity index (χ1v) is 8.27. The van der Waals surface area contributed by atoms with Crippen LogP contribution in [0, 0.1) is 0 Å². The SMILES string of the molecule is CCN(C)C(=O)c1cccc(C(=O)NC2(CC(=O)O)CCCC2)c1. The van der Waals surface area contributed by atoms with E-state index in [9.17, 15) is 14.4 Å². The van der Waals surface area contributed by atoms with Gasteiger partial charge in [-0.1, -0.05) is 18.9 Å². The molecule has 0 heterocycles. The molecule has 0 atom stereocenters. The molecule has 6 nitrogen and oxygen atoms in total. The summed E-state index contributed by atoms with van der Waals surface area (Å²) in [4.78, 5) is 37.5. The smallest absolute Gasteiger partial charge is 0.305 e. The van der Waals surface area contributed by atoms with Crippen molar-refractivity contribution in [1.29, 1.82) is 0 Å². The molecular weight excluding hydrogens is 308 g/mol. The predicted molar refractivity (Wildman–Crippen MR) is 90.0 cm³/mol. The highest BCUT2D eigenvalue weighted by molar-refractivity contribution is 6.00. The van der Waals surface area contributed by atoms with Crippen molar-refractivity contribution in [3.8, 4) is 0 Å². The van der Waals surface area contributed by atoms with E-state index in [0.29, 0.717) is 30.5 Å².